The maximum Gasteiger partial charge on any atom is 0.472 e. The highest BCUT2D eigenvalue weighted by molar-refractivity contribution is 7.47. The molecular weight excluding hydrogens is 357 g/mol. The molecule has 0 bridgehead atoms. The Kier molecular flexibility index (Phi) is 15.0. The van der Waals surface area contributed by atoms with Crippen LogP contribution < -0.4 is 0 Å². The second-order valence-electron chi connectivity index (χ2n) is 7.67. The molecule has 8 heteroatoms. The Morgan fingerprint density at radius 2 is 1.54 bits per heavy atom. The summed E-state index contributed by atoms with van der Waals surface area (Å²) in [5.41, 5.74) is 0. The minimum atomic E-state index is -4.05. The molecule has 0 radical (unpaired) electrons. The first kappa shape index (κ1) is 26.0. The van der Waals surface area contributed by atoms with Gasteiger partial charge >= 0.3 is 7.82 Å². The molecule has 7 nitrogen and oxygen atoms in total. The summed E-state index contributed by atoms with van der Waals surface area (Å²) in [5.74, 6) is 0. The summed E-state index contributed by atoms with van der Waals surface area (Å²) in [6.45, 7) is 3.96. The highest BCUT2D eigenvalue weighted by atomic mass is 31.2. The number of phosphoric acid groups is 1. The molecule has 0 rings (SSSR count). The summed E-state index contributed by atoms with van der Waals surface area (Å²) >= 11 is 0. The van der Waals surface area contributed by atoms with Gasteiger partial charge in [-0.05, 0) is 6.42 Å². The van der Waals surface area contributed by atoms with Crippen molar-refractivity contribution in [2.45, 2.75) is 58.0 Å². The average molecular weight is 399 g/mol. The molecule has 0 aliphatic rings. The predicted molar refractivity (Wildman–Crippen MR) is 104 cm³/mol. The van der Waals surface area contributed by atoms with Gasteiger partial charge < -0.3 is 18.9 Å². The van der Waals surface area contributed by atoms with Gasteiger partial charge in [0.25, 0.3) is 0 Å². The molecule has 1 N–H and O–H groups in total. The van der Waals surface area contributed by atoms with Crippen molar-refractivity contribution in [3.05, 3.63) is 0 Å². The van der Waals surface area contributed by atoms with E-state index in [2.05, 4.69) is 6.92 Å². The number of nitrogens with zero attached hydrogens (tertiary/aromatic N) is 1. The van der Waals surface area contributed by atoms with Crippen molar-refractivity contribution in [3.8, 4) is 0 Å². The van der Waals surface area contributed by atoms with Gasteiger partial charge in [0, 0.05) is 13.7 Å². The summed E-state index contributed by atoms with van der Waals surface area (Å²) < 4.78 is 33.3. The monoisotopic (exact) mass is 398 g/mol. The van der Waals surface area contributed by atoms with Crippen molar-refractivity contribution >= 4 is 7.82 Å². The van der Waals surface area contributed by atoms with Gasteiger partial charge in [-0.15, -0.1) is 0 Å². The lowest BCUT2D eigenvalue weighted by Crippen LogP contribution is -2.37. The van der Waals surface area contributed by atoms with Crippen LogP contribution in [0, 0.1) is 0 Å². The maximum atomic E-state index is 11.9. The van der Waals surface area contributed by atoms with Crippen LogP contribution in [0.2, 0.25) is 0 Å². The predicted octanol–water partition coefficient (Wildman–Crippen LogP) is 3.61. The molecule has 0 aromatic rings. The molecule has 0 spiro atoms. The van der Waals surface area contributed by atoms with Crippen LogP contribution in [0.5, 0.6) is 0 Å². The summed E-state index contributed by atoms with van der Waals surface area (Å²) in [7, 11) is 3.43. The van der Waals surface area contributed by atoms with Gasteiger partial charge in [0.1, 0.15) is 19.3 Å². The highest BCUT2D eigenvalue weighted by Gasteiger charge is 2.24. The molecule has 1 unspecified atom stereocenters. The van der Waals surface area contributed by atoms with Crippen LogP contribution in [0.25, 0.3) is 0 Å². The third kappa shape index (κ3) is 17.4. The molecule has 0 saturated heterocycles. The highest BCUT2D eigenvalue weighted by Crippen LogP contribution is 2.43. The Hall–Kier alpha value is -0.0100. The van der Waals surface area contributed by atoms with Crippen LogP contribution in [0.15, 0.2) is 0 Å². The Morgan fingerprint density at radius 1 is 0.923 bits per heavy atom. The van der Waals surface area contributed by atoms with Gasteiger partial charge in [0.2, 0.25) is 0 Å². The zero-order valence-electron chi connectivity index (χ0n) is 17.4. The van der Waals surface area contributed by atoms with E-state index in [-0.39, 0.29) is 19.3 Å². The molecule has 0 aromatic heterocycles. The minimum absolute atomic E-state index is 0.0360. The van der Waals surface area contributed by atoms with Crippen molar-refractivity contribution in [2.75, 3.05) is 61.2 Å². The molecule has 0 saturated carbocycles. The van der Waals surface area contributed by atoms with Crippen LogP contribution in [-0.2, 0) is 23.1 Å². The number of unbranched alkanes of at least 4 members (excludes halogenated alkanes) is 6. The average Bonchev–Trinajstić information content (AvgIpc) is 2.54. The van der Waals surface area contributed by atoms with E-state index < -0.39 is 7.82 Å². The van der Waals surface area contributed by atoms with E-state index in [4.69, 9.17) is 18.5 Å². The van der Waals surface area contributed by atoms with Crippen LogP contribution in [0.4, 0.5) is 0 Å². The molecule has 0 aromatic carbocycles. The summed E-state index contributed by atoms with van der Waals surface area (Å²) in [4.78, 5) is 9.69. The third-order valence-corrected chi connectivity index (χ3v) is 4.95. The fourth-order valence-corrected chi connectivity index (χ4v) is 2.95. The van der Waals surface area contributed by atoms with Gasteiger partial charge in [0.05, 0.1) is 34.4 Å². The number of likely N-dealkylation sites (N-methyl/N-ethyl adjacent to an activating group) is 1. The largest absolute Gasteiger partial charge is 0.472 e. The molecule has 158 valence electrons. The van der Waals surface area contributed by atoms with Gasteiger partial charge in [-0.1, -0.05) is 45.4 Å². The third-order valence-electron chi connectivity index (χ3n) is 3.97. The number of quaternary nitrogens is 1. The molecular formula is C18H41NO6P+. The smallest absolute Gasteiger partial charge is 0.379 e. The molecule has 0 fully saturated rings. The van der Waals surface area contributed by atoms with Gasteiger partial charge in [-0.25, -0.2) is 4.57 Å². The lowest BCUT2D eigenvalue weighted by molar-refractivity contribution is -0.870. The quantitative estimate of drug-likeness (QED) is 0.216. The Morgan fingerprint density at radius 3 is 2.12 bits per heavy atom. The molecule has 0 heterocycles. The van der Waals surface area contributed by atoms with E-state index in [0.29, 0.717) is 24.2 Å². The van der Waals surface area contributed by atoms with Crippen molar-refractivity contribution < 1.29 is 32.5 Å². The van der Waals surface area contributed by atoms with E-state index in [1.165, 1.54) is 45.6 Å². The van der Waals surface area contributed by atoms with Crippen LogP contribution in [0.1, 0.15) is 51.9 Å². The fourth-order valence-electron chi connectivity index (χ4n) is 2.20. The molecule has 0 amide bonds. The fraction of sp³-hybridized carbons (Fsp3) is 1.00. The van der Waals surface area contributed by atoms with E-state index in [1.807, 2.05) is 21.1 Å². The second-order valence-corrected chi connectivity index (χ2v) is 9.12. The zero-order chi connectivity index (χ0) is 19.9. The number of ether oxygens (including phenoxy) is 2. The lowest BCUT2D eigenvalue weighted by atomic mass is 10.1. The summed E-state index contributed by atoms with van der Waals surface area (Å²) in [5, 5.41) is 0. The van der Waals surface area contributed by atoms with E-state index in [0.717, 1.165) is 6.42 Å². The molecule has 0 aliphatic heterocycles. The second kappa shape index (κ2) is 15.0. The first-order chi connectivity index (χ1) is 12.2. The number of hydrogen-bond donors (Lipinski definition) is 1. The standard InChI is InChI=1S/C18H40NO6P/c1-6-7-8-9-10-11-12-14-23-16-18(22-5)17-25-26(20,21)24-15-13-19(2,3)4/h18H,6-17H2,1-5H3/p+1/t18-/m0/s1. The lowest BCUT2D eigenvalue weighted by Gasteiger charge is -2.24. The van der Waals surface area contributed by atoms with Gasteiger partial charge in [-0.2, -0.15) is 0 Å². The van der Waals surface area contributed by atoms with Crippen molar-refractivity contribution in [1.29, 1.82) is 0 Å². The summed E-state index contributed by atoms with van der Waals surface area (Å²) in [6, 6.07) is 0. The molecule has 0 aliphatic carbocycles. The van der Waals surface area contributed by atoms with E-state index in [1.54, 1.807) is 0 Å². The Labute approximate surface area is 160 Å². The van der Waals surface area contributed by atoms with Gasteiger partial charge in [-0.3, -0.25) is 9.05 Å². The Bertz CT molecular complexity index is 375. The van der Waals surface area contributed by atoms with Crippen LogP contribution >= 0.6 is 7.82 Å². The molecule has 2 atom stereocenters. The van der Waals surface area contributed by atoms with Crippen LogP contribution in [-0.4, -0.2) is 76.7 Å². The summed E-state index contributed by atoms with van der Waals surface area (Å²) in [6.07, 6.45) is 8.26. The van der Waals surface area contributed by atoms with Crippen molar-refractivity contribution in [2.24, 2.45) is 0 Å². The topological polar surface area (TPSA) is 74.2 Å². The van der Waals surface area contributed by atoms with E-state index in [9.17, 15) is 9.46 Å². The number of hydrogen-bond acceptors (Lipinski definition) is 5. The van der Waals surface area contributed by atoms with Gasteiger partial charge in [0.15, 0.2) is 0 Å². The minimum Gasteiger partial charge on any atom is -0.379 e. The number of phosphoric ester groups is 1. The zero-order valence-corrected chi connectivity index (χ0v) is 18.3. The number of methoxy groups -OCH3 is 1. The first-order valence-corrected chi connectivity index (χ1v) is 11.2. The normalized spacial score (nSPS) is 15.8. The maximum absolute atomic E-state index is 11.9. The molecule has 26 heavy (non-hydrogen) atoms. The Balaban J connectivity index is 3.76. The van der Waals surface area contributed by atoms with Crippen molar-refractivity contribution in [1.82, 2.24) is 0 Å². The van der Waals surface area contributed by atoms with Crippen LogP contribution in [0.3, 0.4) is 0 Å². The van der Waals surface area contributed by atoms with E-state index >= 15 is 0 Å². The first-order valence-electron chi connectivity index (χ1n) is 9.73. The SMILES string of the molecule is CCCCCCCCCOC[C@@H](COP(=O)(O)OCC[N+](C)(C)C)OC. The van der Waals surface area contributed by atoms with Crippen molar-refractivity contribution in [3.63, 3.8) is 0 Å². The number of rotatable bonds is 18.